The highest BCUT2D eigenvalue weighted by atomic mass is 16.5. The van der Waals surface area contributed by atoms with E-state index in [1.165, 1.54) is 6.07 Å². The molecule has 1 N–H and O–H groups in total. The lowest BCUT2D eigenvalue weighted by atomic mass is 9.78. The summed E-state index contributed by atoms with van der Waals surface area (Å²) in [5, 5.41) is 6.82. The van der Waals surface area contributed by atoms with Crippen LogP contribution < -0.4 is 10.9 Å². The molecule has 1 saturated heterocycles. The third-order valence-corrected chi connectivity index (χ3v) is 6.20. The number of nitrogens with zero attached hydrogens (tertiary/aromatic N) is 4. The molecule has 0 unspecified atom stereocenters. The number of fused-ring (bicyclic) bond motifs is 4. The number of carbonyl (C=O) groups is 2. The number of amides is 2. The van der Waals surface area contributed by atoms with Gasteiger partial charge in [0.15, 0.2) is 5.82 Å². The van der Waals surface area contributed by atoms with Crippen molar-refractivity contribution in [3.8, 4) is 0 Å². The van der Waals surface area contributed by atoms with Gasteiger partial charge in [0.05, 0.1) is 6.54 Å². The van der Waals surface area contributed by atoms with Crippen molar-refractivity contribution >= 4 is 11.8 Å². The number of rotatable bonds is 4. The van der Waals surface area contributed by atoms with Gasteiger partial charge < -0.3 is 14.7 Å². The quantitative estimate of drug-likeness (QED) is 0.822. The number of aromatic nitrogens is 3. The fourth-order valence-electron chi connectivity index (χ4n) is 4.64. The molecule has 2 bridgehead atoms. The Morgan fingerprint density at radius 2 is 2.07 bits per heavy atom. The minimum atomic E-state index is -0.664. The summed E-state index contributed by atoms with van der Waals surface area (Å²) in [5.74, 6) is 1.11. The molecule has 0 spiro atoms. The van der Waals surface area contributed by atoms with Crippen molar-refractivity contribution in [1.29, 1.82) is 0 Å². The summed E-state index contributed by atoms with van der Waals surface area (Å²) in [6.45, 7) is 2.71. The highest BCUT2D eigenvalue weighted by Crippen LogP contribution is 2.41. The van der Waals surface area contributed by atoms with E-state index in [0.717, 1.165) is 25.0 Å². The zero-order chi connectivity index (χ0) is 20.1. The summed E-state index contributed by atoms with van der Waals surface area (Å²) >= 11 is 0. The van der Waals surface area contributed by atoms with Crippen molar-refractivity contribution in [1.82, 2.24) is 24.9 Å². The lowest BCUT2D eigenvalue weighted by molar-refractivity contribution is -0.135. The molecule has 2 aliphatic heterocycles. The van der Waals surface area contributed by atoms with Gasteiger partial charge in [0, 0.05) is 49.5 Å². The van der Waals surface area contributed by atoms with Crippen LogP contribution in [0.15, 0.2) is 27.5 Å². The maximum absolute atomic E-state index is 13.2. The van der Waals surface area contributed by atoms with Crippen molar-refractivity contribution in [3.05, 3.63) is 46.0 Å². The Labute approximate surface area is 167 Å². The van der Waals surface area contributed by atoms with Crippen LogP contribution in [0.2, 0.25) is 0 Å². The molecular weight excluding hydrogens is 374 g/mol. The minimum absolute atomic E-state index is 0.0101. The van der Waals surface area contributed by atoms with Crippen LogP contribution in [0, 0.1) is 5.92 Å². The molecule has 5 rings (SSSR count). The van der Waals surface area contributed by atoms with Gasteiger partial charge in [-0.2, -0.15) is 4.98 Å². The molecule has 2 amide bonds. The Morgan fingerprint density at radius 3 is 2.83 bits per heavy atom. The highest BCUT2D eigenvalue weighted by Gasteiger charge is 2.44. The maximum atomic E-state index is 13.2. The number of hydrogen-bond donors (Lipinski definition) is 1. The molecule has 0 radical (unpaired) electrons. The Kier molecular flexibility index (Phi) is 4.25. The molecule has 29 heavy (non-hydrogen) atoms. The summed E-state index contributed by atoms with van der Waals surface area (Å²) < 4.78 is 6.84. The van der Waals surface area contributed by atoms with E-state index in [9.17, 15) is 14.4 Å². The van der Waals surface area contributed by atoms with E-state index < -0.39 is 6.04 Å². The minimum Gasteiger partial charge on any atom is -0.345 e. The van der Waals surface area contributed by atoms with Crippen LogP contribution >= 0.6 is 0 Å². The summed E-state index contributed by atoms with van der Waals surface area (Å²) in [6, 6.07) is 4.41. The summed E-state index contributed by atoms with van der Waals surface area (Å²) in [7, 11) is 0. The van der Waals surface area contributed by atoms with Gasteiger partial charge in [0.25, 0.3) is 5.56 Å². The van der Waals surface area contributed by atoms with E-state index in [0.29, 0.717) is 30.7 Å². The van der Waals surface area contributed by atoms with Gasteiger partial charge in [-0.15, -0.1) is 0 Å². The number of nitrogens with one attached hydrogen (secondary N) is 1. The highest BCUT2D eigenvalue weighted by molar-refractivity contribution is 5.81. The Balaban J connectivity index is 1.40. The van der Waals surface area contributed by atoms with Crippen LogP contribution in [0.4, 0.5) is 0 Å². The van der Waals surface area contributed by atoms with Crippen LogP contribution in [0.5, 0.6) is 0 Å². The second kappa shape index (κ2) is 6.82. The molecule has 1 aliphatic carbocycles. The first-order chi connectivity index (χ1) is 14.0. The van der Waals surface area contributed by atoms with Crippen LogP contribution in [0.25, 0.3) is 0 Å². The maximum Gasteiger partial charge on any atom is 0.251 e. The molecular formula is C20H23N5O4. The van der Waals surface area contributed by atoms with Gasteiger partial charge in [-0.3, -0.25) is 19.0 Å². The first-order valence-electron chi connectivity index (χ1n) is 10.1. The lowest BCUT2D eigenvalue weighted by Crippen LogP contribution is -2.54. The molecule has 0 aromatic carbocycles. The molecule has 3 atom stereocenters. The van der Waals surface area contributed by atoms with E-state index in [1.807, 2.05) is 6.07 Å². The fraction of sp³-hybridized carbons (Fsp3) is 0.550. The van der Waals surface area contributed by atoms with Gasteiger partial charge in [0.2, 0.25) is 17.7 Å². The van der Waals surface area contributed by atoms with Crippen molar-refractivity contribution in [2.24, 2.45) is 5.92 Å². The van der Waals surface area contributed by atoms with E-state index in [-0.39, 0.29) is 35.8 Å². The van der Waals surface area contributed by atoms with Gasteiger partial charge in [-0.25, -0.2) is 0 Å². The van der Waals surface area contributed by atoms with E-state index in [4.69, 9.17) is 4.52 Å². The van der Waals surface area contributed by atoms with Crippen molar-refractivity contribution in [2.45, 2.75) is 50.6 Å². The normalized spacial score (nSPS) is 25.4. The number of carbonyl (C=O) groups excluding carboxylic acids is 2. The van der Waals surface area contributed by atoms with Crippen LogP contribution in [-0.2, 0) is 16.1 Å². The van der Waals surface area contributed by atoms with E-state index in [1.54, 1.807) is 22.5 Å². The van der Waals surface area contributed by atoms with Gasteiger partial charge in [-0.1, -0.05) is 11.2 Å². The van der Waals surface area contributed by atoms with Crippen LogP contribution in [-0.4, -0.2) is 44.5 Å². The summed E-state index contributed by atoms with van der Waals surface area (Å²) in [6.07, 6.45) is 2.92. The van der Waals surface area contributed by atoms with Crippen molar-refractivity contribution in [2.75, 3.05) is 13.1 Å². The van der Waals surface area contributed by atoms with E-state index in [2.05, 4.69) is 15.5 Å². The van der Waals surface area contributed by atoms with Gasteiger partial charge >= 0.3 is 0 Å². The molecule has 3 aliphatic rings. The van der Waals surface area contributed by atoms with Crippen molar-refractivity contribution in [3.63, 3.8) is 0 Å². The number of likely N-dealkylation sites (tertiary alicyclic amines) is 1. The molecule has 4 heterocycles. The molecule has 9 nitrogen and oxygen atoms in total. The zero-order valence-electron chi connectivity index (χ0n) is 16.2. The first-order valence-corrected chi connectivity index (χ1v) is 10.1. The number of pyridine rings is 1. The van der Waals surface area contributed by atoms with Crippen LogP contribution in [0.1, 0.15) is 61.5 Å². The SMILES string of the molecule is CC(=O)N1C[C@H]2C[C@@H](C1)[C@H](C(=O)NCc1nc(C3CC3)no1)n1c2cccc1=O. The third-order valence-electron chi connectivity index (χ3n) is 6.20. The Bertz CT molecular complexity index is 1020. The lowest BCUT2D eigenvalue weighted by Gasteiger charge is -2.46. The standard InChI is InChI=1S/C20H23N5O4/c1-11(26)24-9-13-7-14(10-24)18(25-15(13)3-2-4-17(25)27)20(28)21-8-16-22-19(23-29-16)12-5-6-12/h2-4,12-14,18H,5-10H2,1H3,(H,21,28)/t13-,14+,18-/m1/s1. The average Bonchev–Trinajstić information content (AvgIpc) is 3.45. The molecule has 152 valence electrons. The van der Waals surface area contributed by atoms with Crippen LogP contribution in [0.3, 0.4) is 0 Å². The smallest absolute Gasteiger partial charge is 0.251 e. The summed E-state index contributed by atoms with van der Waals surface area (Å²) in [4.78, 5) is 43.9. The summed E-state index contributed by atoms with van der Waals surface area (Å²) in [5.41, 5.74) is 0.621. The topological polar surface area (TPSA) is 110 Å². The molecule has 2 aromatic heterocycles. The van der Waals surface area contributed by atoms with Gasteiger partial charge in [0.1, 0.15) is 6.04 Å². The third kappa shape index (κ3) is 3.24. The average molecular weight is 397 g/mol. The zero-order valence-corrected chi connectivity index (χ0v) is 16.2. The predicted octanol–water partition coefficient (Wildman–Crippen LogP) is 0.932. The van der Waals surface area contributed by atoms with E-state index >= 15 is 0 Å². The number of piperidine rings is 1. The predicted molar refractivity (Wildman–Crippen MR) is 101 cm³/mol. The van der Waals surface area contributed by atoms with Crippen molar-refractivity contribution < 1.29 is 14.1 Å². The molecule has 2 aromatic rings. The Morgan fingerprint density at radius 1 is 1.24 bits per heavy atom. The Hall–Kier alpha value is -2.97. The first kappa shape index (κ1) is 18.1. The molecule has 1 saturated carbocycles. The van der Waals surface area contributed by atoms with Gasteiger partial charge in [-0.05, 0) is 25.3 Å². The monoisotopic (exact) mass is 397 g/mol. The number of hydrogen-bond acceptors (Lipinski definition) is 6. The molecule has 9 heteroatoms. The molecule has 2 fully saturated rings. The second-order valence-electron chi connectivity index (χ2n) is 8.26. The second-order valence-corrected chi connectivity index (χ2v) is 8.26. The largest absolute Gasteiger partial charge is 0.345 e. The fourth-order valence-corrected chi connectivity index (χ4v) is 4.64.